The van der Waals surface area contributed by atoms with Gasteiger partial charge in [0, 0.05) is 36.2 Å². The topological polar surface area (TPSA) is 111 Å². The molecule has 2 heterocycles. The maximum atomic E-state index is 13.7. The Hall–Kier alpha value is -3.88. The number of anilines is 1. The summed E-state index contributed by atoms with van der Waals surface area (Å²) in [5.41, 5.74) is -0.554. The van der Waals surface area contributed by atoms with E-state index in [2.05, 4.69) is 10.4 Å². The standard InChI is InChI=1S/C27H31F3N6O3/c1-4-13-36-24-20(22(33-36)26(39)35(14-12-31)18-10-11-18)19(5-2)21(25(38)34(24)6-3)32-23(37)16-8-7-9-17(15-16)27(28,29)30/h7-9,15,18-19,21H,4-6,10-11,13-14H2,1-3H3,(H,32,37)/t19-,21-/m1/s1. The van der Waals surface area contributed by atoms with E-state index in [1.54, 1.807) is 11.6 Å². The maximum absolute atomic E-state index is 13.7. The van der Waals surface area contributed by atoms with Crippen LogP contribution in [0.4, 0.5) is 19.0 Å². The van der Waals surface area contributed by atoms with Crippen molar-refractivity contribution in [2.24, 2.45) is 0 Å². The van der Waals surface area contributed by atoms with E-state index in [-0.39, 0.29) is 30.4 Å². The van der Waals surface area contributed by atoms with Gasteiger partial charge in [0.2, 0.25) is 0 Å². The van der Waals surface area contributed by atoms with Gasteiger partial charge in [-0.3, -0.25) is 19.3 Å². The van der Waals surface area contributed by atoms with Gasteiger partial charge in [-0.05, 0) is 50.8 Å². The van der Waals surface area contributed by atoms with Crippen LogP contribution < -0.4 is 10.2 Å². The SMILES string of the molecule is CCCn1nc(C(=O)N(CC#N)C2CC2)c2c1N(CC)C(=O)[C@H](NC(=O)c1cccc(C(F)(F)F)c1)[C@@H]2CC. The lowest BCUT2D eigenvalue weighted by Crippen LogP contribution is -2.55. The highest BCUT2D eigenvalue weighted by Gasteiger charge is 2.47. The normalized spacial score (nSPS) is 18.9. The smallest absolute Gasteiger partial charge is 0.340 e. The first-order valence-corrected chi connectivity index (χ1v) is 13.1. The molecule has 1 N–H and O–H groups in total. The third kappa shape index (κ3) is 5.35. The number of aromatic nitrogens is 2. The molecule has 208 valence electrons. The first-order chi connectivity index (χ1) is 18.6. The number of carbonyl (C=O) groups is 3. The number of amides is 3. The third-order valence-corrected chi connectivity index (χ3v) is 7.14. The number of nitrogens with one attached hydrogen (secondary N) is 1. The summed E-state index contributed by atoms with van der Waals surface area (Å²) in [6, 6.07) is 4.88. The molecule has 1 fully saturated rings. The number of nitrogens with zero attached hydrogens (tertiary/aromatic N) is 5. The molecule has 1 aliphatic carbocycles. The number of rotatable bonds is 9. The number of hydrogen-bond donors (Lipinski definition) is 1. The van der Waals surface area contributed by atoms with Gasteiger partial charge in [-0.1, -0.05) is 19.9 Å². The van der Waals surface area contributed by atoms with Gasteiger partial charge >= 0.3 is 6.18 Å². The summed E-state index contributed by atoms with van der Waals surface area (Å²) in [5.74, 6) is -1.83. The summed E-state index contributed by atoms with van der Waals surface area (Å²) < 4.78 is 41.4. The number of halogens is 3. The number of benzene rings is 1. The zero-order chi connectivity index (χ0) is 28.5. The van der Waals surface area contributed by atoms with E-state index in [0.29, 0.717) is 30.8 Å². The van der Waals surface area contributed by atoms with E-state index in [1.165, 1.54) is 15.9 Å². The maximum Gasteiger partial charge on any atom is 0.416 e. The number of alkyl halides is 3. The van der Waals surface area contributed by atoms with Crippen molar-refractivity contribution in [2.75, 3.05) is 18.0 Å². The van der Waals surface area contributed by atoms with Crippen molar-refractivity contribution in [2.45, 2.75) is 77.2 Å². The van der Waals surface area contributed by atoms with Crippen LogP contribution in [0.5, 0.6) is 0 Å². The molecule has 2 aliphatic rings. The van der Waals surface area contributed by atoms with Crippen molar-refractivity contribution in [3.63, 3.8) is 0 Å². The minimum Gasteiger partial charge on any atom is -0.340 e. The third-order valence-electron chi connectivity index (χ3n) is 7.14. The van der Waals surface area contributed by atoms with Gasteiger partial charge in [-0.25, -0.2) is 4.68 Å². The number of nitriles is 1. The number of likely N-dealkylation sites (N-methyl/N-ethyl adjacent to an activating group) is 1. The molecule has 0 saturated heterocycles. The molecule has 1 aliphatic heterocycles. The van der Waals surface area contributed by atoms with E-state index >= 15 is 0 Å². The van der Waals surface area contributed by atoms with Crippen LogP contribution in [0, 0.1) is 11.3 Å². The van der Waals surface area contributed by atoms with Gasteiger partial charge in [0.25, 0.3) is 17.7 Å². The lowest BCUT2D eigenvalue weighted by atomic mass is 9.84. The zero-order valence-corrected chi connectivity index (χ0v) is 22.1. The summed E-state index contributed by atoms with van der Waals surface area (Å²) >= 11 is 0. The largest absolute Gasteiger partial charge is 0.416 e. The molecule has 2 aromatic rings. The molecule has 12 heteroatoms. The van der Waals surface area contributed by atoms with Crippen molar-refractivity contribution >= 4 is 23.5 Å². The average molecular weight is 545 g/mol. The number of fused-ring (bicyclic) bond motifs is 1. The lowest BCUT2D eigenvalue weighted by Gasteiger charge is -2.38. The average Bonchev–Trinajstić information content (AvgIpc) is 3.69. The minimum atomic E-state index is -4.63. The van der Waals surface area contributed by atoms with Crippen LogP contribution in [0.1, 0.15) is 84.3 Å². The number of carbonyl (C=O) groups excluding carboxylic acids is 3. The lowest BCUT2D eigenvalue weighted by molar-refractivity contribution is -0.137. The molecular formula is C27H31F3N6O3. The van der Waals surface area contributed by atoms with Gasteiger partial charge in [0.05, 0.1) is 11.6 Å². The van der Waals surface area contributed by atoms with Crippen molar-refractivity contribution in [1.82, 2.24) is 20.0 Å². The quantitative estimate of drug-likeness (QED) is 0.478. The van der Waals surface area contributed by atoms with Gasteiger partial charge in [-0.2, -0.15) is 23.5 Å². The van der Waals surface area contributed by atoms with E-state index < -0.39 is 41.4 Å². The van der Waals surface area contributed by atoms with E-state index in [9.17, 15) is 32.8 Å². The second kappa shape index (κ2) is 11.1. The highest BCUT2D eigenvalue weighted by molar-refractivity contribution is 6.07. The highest BCUT2D eigenvalue weighted by Crippen LogP contribution is 2.42. The van der Waals surface area contributed by atoms with Gasteiger partial charge in [-0.15, -0.1) is 0 Å². The predicted molar refractivity (Wildman–Crippen MR) is 136 cm³/mol. The van der Waals surface area contributed by atoms with E-state index in [0.717, 1.165) is 31.0 Å². The Morgan fingerprint density at radius 3 is 2.51 bits per heavy atom. The molecule has 0 unspecified atom stereocenters. The summed E-state index contributed by atoms with van der Waals surface area (Å²) in [7, 11) is 0. The van der Waals surface area contributed by atoms with Crippen LogP contribution >= 0.6 is 0 Å². The molecule has 1 aromatic carbocycles. The van der Waals surface area contributed by atoms with E-state index in [1.807, 2.05) is 19.9 Å². The predicted octanol–water partition coefficient (Wildman–Crippen LogP) is 4.10. The highest BCUT2D eigenvalue weighted by atomic mass is 19.4. The molecule has 9 nitrogen and oxygen atoms in total. The second-order valence-corrected chi connectivity index (χ2v) is 9.76. The first-order valence-electron chi connectivity index (χ1n) is 13.1. The molecule has 2 atom stereocenters. The van der Waals surface area contributed by atoms with E-state index in [4.69, 9.17) is 0 Å². The van der Waals surface area contributed by atoms with Crippen molar-refractivity contribution in [3.8, 4) is 6.07 Å². The summed E-state index contributed by atoms with van der Waals surface area (Å²) in [6.07, 6.45) is -2.01. The molecule has 39 heavy (non-hydrogen) atoms. The van der Waals surface area contributed by atoms with Crippen LogP contribution in [0.25, 0.3) is 0 Å². The van der Waals surface area contributed by atoms with Crippen molar-refractivity contribution in [3.05, 3.63) is 46.6 Å². The number of hydrogen-bond acceptors (Lipinski definition) is 5. The molecule has 0 spiro atoms. The fraction of sp³-hybridized carbons (Fsp3) is 0.519. The molecule has 1 saturated carbocycles. The minimum absolute atomic E-state index is 0.0480. The monoisotopic (exact) mass is 544 g/mol. The Bertz CT molecular complexity index is 1310. The van der Waals surface area contributed by atoms with Gasteiger partial charge < -0.3 is 10.2 Å². The Kier molecular flexibility index (Phi) is 7.99. The van der Waals surface area contributed by atoms with Crippen LogP contribution in [-0.2, 0) is 17.5 Å². The zero-order valence-electron chi connectivity index (χ0n) is 22.1. The van der Waals surface area contributed by atoms with Gasteiger partial charge in [0.1, 0.15) is 18.4 Å². The van der Waals surface area contributed by atoms with Crippen LogP contribution in [0.2, 0.25) is 0 Å². The Morgan fingerprint density at radius 2 is 1.95 bits per heavy atom. The molecule has 4 rings (SSSR count). The summed E-state index contributed by atoms with van der Waals surface area (Å²) in [4.78, 5) is 43.5. The molecule has 3 amide bonds. The van der Waals surface area contributed by atoms with Crippen LogP contribution in [0.15, 0.2) is 24.3 Å². The summed E-state index contributed by atoms with van der Waals surface area (Å²) in [6.45, 7) is 6.09. The molecule has 0 bridgehead atoms. The first kappa shape index (κ1) is 28.1. The van der Waals surface area contributed by atoms with Gasteiger partial charge in [0.15, 0.2) is 5.69 Å². The van der Waals surface area contributed by atoms with Crippen molar-refractivity contribution < 1.29 is 27.6 Å². The van der Waals surface area contributed by atoms with Crippen molar-refractivity contribution in [1.29, 1.82) is 5.26 Å². The Labute approximate surface area is 224 Å². The Morgan fingerprint density at radius 1 is 1.23 bits per heavy atom. The fourth-order valence-corrected chi connectivity index (χ4v) is 5.16. The van der Waals surface area contributed by atoms with Crippen LogP contribution in [0.3, 0.4) is 0 Å². The molecule has 0 radical (unpaired) electrons. The number of aryl methyl sites for hydroxylation is 1. The summed E-state index contributed by atoms with van der Waals surface area (Å²) in [5, 5.41) is 16.6. The van der Waals surface area contributed by atoms with Crippen LogP contribution in [-0.4, -0.2) is 57.6 Å². The fourth-order valence-electron chi connectivity index (χ4n) is 5.16. The molecule has 1 aromatic heterocycles. The Balaban J connectivity index is 1.78. The molecular weight excluding hydrogens is 513 g/mol. The second-order valence-electron chi connectivity index (χ2n) is 9.76.